The molecule has 1 aliphatic rings. The third-order valence-electron chi connectivity index (χ3n) is 1.38. The Morgan fingerprint density at radius 3 is 2.90 bits per heavy atom. The van der Waals surface area contributed by atoms with E-state index in [0.29, 0.717) is 5.70 Å². The summed E-state index contributed by atoms with van der Waals surface area (Å²) in [5.74, 6) is 0.986. The van der Waals surface area contributed by atoms with Crippen LogP contribution in [0.3, 0.4) is 0 Å². The number of hydrogen-bond donors (Lipinski definition) is 3. The van der Waals surface area contributed by atoms with Gasteiger partial charge in [0.2, 0.25) is 0 Å². The first kappa shape index (κ1) is 6.95. The van der Waals surface area contributed by atoms with Crippen molar-refractivity contribution < 1.29 is 5.01 Å². The molecule has 56 valence electrons. The van der Waals surface area contributed by atoms with Gasteiger partial charge >= 0.3 is 0 Å². The van der Waals surface area contributed by atoms with E-state index in [9.17, 15) is 0 Å². The Hall–Kier alpha value is -1.16. The number of nitrogens with zero attached hydrogens (tertiary/aromatic N) is 1. The summed E-state index contributed by atoms with van der Waals surface area (Å²) in [5, 5.41) is 3.96. The summed E-state index contributed by atoms with van der Waals surface area (Å²) in [5.41, 5.74) is 10.3. The van der Waals surface area contributed by atoms with E-state index in [4.69, 9.17) is 5.73 Å². The zero-order chi connectivity index (χ0) is 7.56. The second-order valence-electron chi connectivity index (χ2n) is 2.15. The Kier molecular flexibility index (Phi) is 1.82. The summed E-state index contributed by atoms with van der Waals surface area (Å²) in [4.78, 5) is 0. The molecule has 1 rings (SSSR count). The highest BCUT2D eigenvalue weighted by Crippen LogP contribution is 1.95. The van der Waals surface area contributed by atoms with Crippen LogP contribution in [0.2, 0.25) is 0 Å². The SMILES string of the molecule is CNC1=CC(N)=C[N-][NH+]1C. The number of hydrogen-bond acceptors (Lipinski definition) is 2. The molecular formula is C6H12N4. The van der Waals surface area contributed by atoms with Crippen molar-refractivity contribution >= 4 is 0 Å². The van der Waals surface area contributed by atoms with E-state index in [-0.39, 0.29) is 0 Å². The Labute approximate surface area is 60.3 Å². The maximum atomic E-state index is 5.50. The van der Waals surface area contributed by atoms with Crippen LogP contribution >= 0.6 is 0 Å². The molecule has 10 heavy (non-hydrogen) atoms. The summed E-state index contributed by atoms with van der Waals surface area (Å²) in [7, 11) is 3.79. The lowest BCUT2D eigenvalue weighted by molar-refractivity contribution is -0.799. The zero-order valence-electron chi connectivity index (χ0n) is 6.18. The molecule has 4 N–H and O–H groups in total. The van der Waals surface area contributed by atoms with Gasteiger partial charge in [0.05, 0.1) is 7.05 Å². The van der Waals surface area contributed by atoms with Crippen LogP contribution in [-0.4, -0.2) is 14.1 Å². The molecule has 0 aliphatic carbocycles. The molecule has 0 aromatic carbocycles. The highest BCUT2D eigenvalue weighted by molar-refractivity contribution is 5.22. The molecule has 0 saturated heterocycles. The van der Waals surface area contributed by atoms with Crippen molar-refractivity contribution in [2.24, 2.45) is 5.73 Å². The number of nitrogens with two attached hydrogens (primary N) is 1. The van der Waals surface area contributed by atoms with E-state index in [1.54, 1.807) is 6.20 Å². The molecule has 0 radical (unpaired) electrons. The Balaban J connectivity index is 2.73. The van der Waals surface area contributed by atoms with Gasteiger partial charge in [0.15, 0.2) is 5.82 Å². The molecule has 1 heterocycles. The molecular weight excluding hydrogens is 128 g/mol. The van der Waals surface area contributed by atoms with Crippen molar-refractivity contribution in [2.75, 3.05) is 14.1 Å². The van der Waals surface area contributed by atoms with Gasteiger partial charge in [-0.3, -0.25) is 0 Å². The molecule has 0 fully saturated rings. The summed E-state index contributed by atoms with van der Waals surface area (Å²) in [6.45, 7) is 0. The average molecular weight is 140 g/mol. The average Bonchev–Trinajstić information content (AvgIpc) is 1.94. The van der Waals surface area contributed by atoms with Gasteiger partial charge in [-0.2, -0.15) is 0 Å². The number of allylic oxidation sites excluding steroid dienone is 1. The molecule has 0 aromatic heterocycles. The van der Waals surface area contributed by atoms with E-state index in [1.165, 1.54) is 0 Å². The standard InChI is InChI=1S/C6H12N4/c1-8-6-3-5(7)4-9-10(6)2/h3-4,8,10H,7H2,1-2H3. The maximum Gasteiger partial charge on any atom is 0.196 e. The van der Waals surface area contributed by atoms with Gasteiger partial charge in [0.1, 0.15) is 0 Å². The smallest absolute Gasteiger partial charge is 0.196 e. The third-order valence-corrected chi connectivity index (χ3v) is 1.38. The highest BCUT2D eigenvalue weighted by Gasteiger charge is 2.03. The van der Waals surface area contributed by atoms with Crippen LogP contribution in [0.15, 0.2) is 23.8 Å². The fourth-order valence-electron chi connectivity index (χ4n) is 0.802. The van der Waals surface area contributed by atoms with Crippen LogP contribution in [0.1, 0.15) is 0 Å². The molecule has 1 aliphatic heterocycles. The van der Waals surface area contributed by atoms with Crippen LogP contribution in [-0.2, 0) is 0 Å². The summed E-state index contributed by atoms with van der Waals surface area (Å²) in [6.07, 6.45) is 3.51. The molecule has 4 heteroatoms. The van der Waals surface area contributed by atoms with Gasteiger partial charge in [-0.05, 0) is 0 Å². The number of rotatable bonds is 1. The van der Waals surface area contributed by atoms with E-state index in [2.05, 4.69) is 10.7 Å². The van der Waals surface area contributed by atoms with Crippen molar-refractivity contribution in [1.82, 2.24) is 5.32 Å². The van der Waals surface area contributed by atoms with E-state index < -0.39 is 0 Å². The van der Waals surface area contributed by atoms with E-state index >= 15 is 0 Å². The first-order valence-corrected chi connectivity index (χ1v) is 3.14. The molecule has 0 bridgehead atoms. The van der Waals surface area contributed by atoms with Gasteiger partial charge < -0.3 is 21.5 Å². The second-order valence-corrected chi connectivity index (χ2v) is 2.15. The van der Waals surface area contributed by atoms with Crippen LogP contribution in [0, 0.1) is 0 Å². The van der Waals surface area contributed by atoms with Crippen molar-refractivity contribution in [2.45, 2.75) is 0 Å². The fraction of sp³-hybridized carbons (Fsp3) is 0.333. The molecule has 0 saturated carbocycles. The Bertz CT molecular complexity index is 182. The van der Waals surface area contributed by atoms with E-state index in [0.717, 1.165) is 10.8 Å². The predicted molar refractivity (Wildman–Crippen MR) is 39.7 cm³/mol. The van der Waals surface area contributed by atoms with Gasteiger partial charge in [-0.25, -0.2) is 0 Å². The first-order valence-electron chi connectivity index (χ1n) is 3.14. The Morgan fingerprint density at radius 2 is 2.40 bits per heavy atom. The largest absolute Gasteiger partial charge is 0.487 e. The highest BCUT2D eigenvalue weighted by atomic mass is 15.5. The summed E-state index contributed by atoms with van der Waals surface area (Å²) >= 11 is 0. The molecule has 0 aromatic rings. The van der Waals surface area contributed by atoms with Crippen molar-refractivity contribution in [3.63, 3.8) is 0 Å². The molecule has 1 unspecified atom stereocenters. The normalized spacial score (nSPS) is 24.4. The number of nitrogens with one attached hydrogen (secondary N) is 2. The van der Waals surface area contributed by atoms with Crippen molar-refractivity contribution in [3.05, 3.63) is 29.2 Å². The monoisotopic (exact) mass is 140 g/mol. The lowest BCUT2D eigenvalue weighted by atomic mass is 10.4. The lowest BCUT2D eigenvalue weighted by Crippen LogP contribution is -3.04. The predicted octanol–water partition coefficient (Wildman–Crippen LogP) is -1.34. The van der Waals surface area contributed by atoms with Crippen molar-refractivity contribution in [3.8, 4) is 0 Å². The van der Waals surface area contributed by atoms with Gasteiger partial charge in [0, 0.05) is 18.8 Å². The third kappa shape index (κ3) is 1.22. The minimum absolute atomic E-state index is 0.690. The summed E-state index contributed by atoms with van der Waals surface area (Å²) < 4.78 is 0. The van der Waals surface area contributed by atoms with Crippen LogP contribution in [0.25, 0.3) is 5.43 Å². The van der Waals surface area contributed by atoms with Crippen LogP contribution < -0.4 is 16.1 Å². The lowest BCUT2D eigenvalue weighted by Gasteiger charge is -2.30. The minimum atomic E-state index is 0.690. The minimum Gasteiger partial charge on any atom is -0.487 e. The van der Waals surface area contributed by atoms with Gasteiger partial charge in [-0.15, -0.1) is 6.20 Å². The molecule has 0 spiro atoms. The summed E-state index contributed by atoms with van der Waals surface area (Å²) in [6, 6.07) is 0. The maximum absolute atomic E-state index is 5.50. The zero-order valence-corrected chi connectivity index (χ0v) is 6.18. The van der Waals surface area contributed by atoms with Gasteiger partial charge in [0.25, 0.3) is 0 Å². The topological polar surface area (TPSA) is 56.6 Å². The first-order chi connectivity index (χ1) is 4.74. The fourth-order valence-corrected chi connectivity index (χ4v) is 0.802. The molecule has 1 atom stereocenters. The second kappa shape index (κ2) is 2.62. The quantitative estimate of drug-likeness (QED) is 0.422. The molecule has 0 amide bonds. The number of quaternary nitrogens is 1. The molecule has 4 nitrogen and oxygen atoms in total. The van der Waals surface area contributed by atoms with E-state index in [1.807, 2.05) is 20.2 Å². The van der Waals surface area contributed by atoms with Crippen LogP contribution in [0.4, 0.5) is 0 Å². The van der Waals surface area contributed by atoms with Gasteiger partial charge in [-0.1, -0.05) is 0 Å². The Morgan fingerprint density at radius 1 is 1.70 bits per heavy atom. The van der Waals surface area contributed by atoms with Crippen LogP contribution in [0.5, 0.6) is 0 Å². The van der Waals surface area contributed by atoms with Crippen molar-refractivity contribution in [1.29, 1.82) is 0 Å².